The van der Waals surface area contributed by atoms with Gasteiger partial charge in [-0.2, -0.15) is 5.10 Å². The number of aromatic amines is 2. The number of aromatic nitrogens is 4. The van der Waals surface area contributed by atoms with Crippen molar-refractivity contribution in [3.05, 3.63) is 76.6 Å². The minimum absolute atomic E-state index is 0.229. The Hall–Kier alpha value is -3.78. The minimum atomic E-state index is -0.352. The van der Waals surface area contributed by atoms with E-state index >= 15 is 0 Å². The van der Waals surface area contributed by atoms with E-state index in [0.717, 1.165) is 41.7 Å². The Balaban J connectivity index is 1.44. The standard InChI is InChI=1S/C22H20N6O2/c29-20-5-3-17(12-24-20)25-22(30)21-18-9-15(2-4-19(18)26-27-21)16-8-14(10-23-11-16)13-28-6-1-7-28/h2-5,8-12H,1,6-7,13H2,(H,24,29)(H,25,30)(H,26,27). The molecule has 1 fully saturated rings. The lowest BCUT2D eigenvalue weighted by atomic mass is 10.0. The molecule has 0 aliphatic carbocycles. The molecule has 0 unspecified atom stereocenters. The fraction of sp³-hybridized carbons (Fsp3) is 0.182. The second-order valence-corrected chi connectivity index (χ2v) is 7.44. The van der Waals surface area contributed by atoms with E-state index in [1.807, 2.05) is 30.6 Å². The summed E-state index contributed by atoms with van der Waals surface area (Å²) in [5.74, 6) is -0.352. The lowest BCUT2D eigenvalue weighted by molar-refractivity contribution is 0.102. The second-order valence-electron chi connectivity index (χ2n) is 7.44. The van der Waals surface area contributed by atoms with Crippen LogP contribution in [0.5, 0.6) is 0 Å². The molecule has 1 aliphatic rings. The number of likely N-dealkylation sites (tertiary alicyclic amines) is 1. The number of pyridine rings is 2. The van der Waals surface area contributed by atoms with Crippen LogP contribution in [0, 0.1) is 0 Å². The summed E-state index contributed by atoms with van der Waals surface area (Å²) in [5, 5.41) is 10.6. The molecule has 8 nitrogen and oxygen atoms in total. The number of rotatable bonds is 5. The monoisotopic (exact) mass is 400 g/mol. The van der Waals surface area contributed by atoms with Gasteiger partial charge in [0.25, 0.3) is 5.91 Å². The van der Waals surface area contributed by atoms with Gasteiger partial charge in [-0.1, -0.05) is 6.07 Å². The molecule has 1 aromatic carbocycles. The van der Waals surface area contributed by atoms with E-state index in [9.17, 15) is 9.59 Å². The predicted molar refractivity (Wildman–Crippen MR) is 114 cm³/mol. The van der Waals surface area contributed by atoms with Crippen LogP contribution in [-0.4, -0.2) is 44.1 Å². The number of fused-ring (bicyclic) bond motifs is 1. The molecule has 8 heteroatoms. The number of hydrogen-bond acceptors (Lipinski definition) is 5. The van der Waals surface area contributed by atoms with Gasteiger partial charge in [0, 0.05) is 42.2 Å². The van der Waals surface area contributed by atoms with Gasteiger partial charge < -0.3 is 10.3 Å². The topological polar surface area (TPSA) is 107 Å². The molecule has 1 amide bonds. The van der Waals surface area contributed by atoms with Crippen LogP contribution in [0.25, 0.3) is 22.0 Å². The molecule has 5 rings (SSSR count). The Bertz CT molecular complexity index is 1270. The van der Waals surface area contributed by atoms with E-state index in [0.29, 0.717) is 11.4 Å². The smallest absolute Gasteiger partial charge is 0.276 e. The van der Waals surface area contributed by atoms with E-state index < -0.39 is 0 Å². The lowest BCUT2D eigenvalue weighted by Crippen LogP contribution is -2.36. The molecule has 0 atom stereocenters. The Labute approximate surface area is 172 Å². The summed E-state index contributed by atoms with van der Waals surface area (Å²) in [5.41, 5.74) is 4.49. The molecule has 3 aromatic heterocycles. The van der Waals surface area contributed by atoms with Gasteiger partial charge in [0.2, 0.25) is 5.56 Å². The van der Waals surface area contributed by atoms with Crippen LogP contribution >= 0.6 is 0 Å². The maximum atomic E-state index is 12.7. The molecule has 3 N–H and O–H groups in total. The van der Waals surface area contributed by atoms with Crippen LogP contribution in [-0.2, 0) is 6.54 Å². The van der Waals surface area contributed by atoms with E-state index in [1.54, 1.807) is 6.07 Å². The van der Waals surface area contributed by atoms with E-state index in [4.69, 9.17) is 0 Å². The SMILES string of the molecule is O=C(Nc1ccc(=O)[nH]c1)c1n[nH]c2ccc(-c3cncc(CN4CCC4)c3)cc12. The van der Waals surface area contributed by atoms with Crippen molar-refractivity contribution >= 4 is 22.5 Å². The predicted octanol–water partition coefficient (Wildman–Crippen LogP) is 2.77. The van der Waals surface area contributed by atoms with Crippen molar-refractivity contribution in [2.75, 3.05) is 18.4 Å². The second kappa shape index (κ2) is 7.57. The molecule has 0 spiro atoms. The van der Waals surface area contributed by atoms with Gasteiger partial charge in [-0.05, 0) is 54.9 Å². The normalized spacial score (nSPS) is 13.9. The molecule has 0 radical (unpaired) electrons. The van der Waals surface area contributed by atoms with Gasteiger partial charge >= 0.3 is 0 Å². The maximum Gasteiger partial charge on any atom is 0.276 e. The quantitative estimate of drug-likeness (QED) is 0.478. The summed E-state index contributed by atoms with van der Waals surface area (Å²) in [4.78, 5) is 33.3. The third kappa shape index (κ3) is 3.60. The molecule has 1 aliphatic heterocycles. The summed E-state index contributed by atoms with van der Waals surface area (Å²) in [6.07, 6.45) is 6.45. The first-order valence-electron chi connectivity index (χ1n) is 9.80. The fourth-order valence-electron chi connectivity index (χ4n) is 3.58. The van der Waals surface area contributed by atoms with Crippen LogP contribution in [0.2, 0.25) is 0 Å². The molecule has 1 saturated heterocycles. The molecular formula is C22H20N6O2. The number of carbonyl (C=O) groups excluding carboxylic acids is 1. The zero-order valence-corrected chi connectivity index (χ0v) is 16.2. The van der Waals surface area contributed by atoms with Crippen LogP contribution < -0.4 is 10.9 Å². The number of nitrogens with zero attached hydrogens (tertiary/aromatic N) is 3. The van der Waals surface area contributed by atoms with E-state index in [-0.39, 0.29) is 11.5 Å². The van der Waals surface area contributed by atoms with Gasteiger partial charge in [0.1, 0.15) is 0 Å². The lowest BCUT2D eigenvalue weighted by Gasteiger charge is -2.30. The Morgan fingerprint density at radius 2 is 2.00 bits per heavy atom. The van der Waals surface area contributed by atoms with Gasteiger partial charge in [-0.3, -0.25) is 24.6 Å². The van der Waals surface area contributed by atoms with Gasteiger partial charge in [0.05, 0.1) is 11.2 Å². The first-order chi connectivity index (χ1) is 14.7. The zero-order chi connectivity index (χ0) is 20.5. The summed E-state index contributed by atoms with van der Waals surface area (Å²) in [6, 6.07) is 10.9. The van der Waals surface area contributed by atoms with E-state index in [2.05, 4.69) is 36.4 Å². The molecular weight excluding hydrogens is 380 g/mol. The fourth-order valence-corrected chi connectivity index (χ4v) is 3.58. The average molecular weight is 400 g/mol. The van der Waals surface area contributed by atoms with E-state index in [1.165, 1.54) is 24.2 Å². The van der Waals surface area contributed by atoms with Crippen molar-refractivity contribution in [1.29, 1.82) is 0 Å². The number of H-pyrrole nitrogens is 2. The Morgan fingerprint density at radius 3 is 2.77 bits per heavy atom. The zero-order valence-electron chi connectivity index (χ0n) is 16.2. The maximum absolute atomic E-state index is 12.7. The summed E-state index contributed by atoms with van der Waals surface area (Å²) in [7, 11) is 0. The van der Waals surface area contributed by atoms with Crippen LogP contribution in [0.3, 0.4) is 0 Å². The van der Waals surface area contributed by atoms with Crippen LogP contribution in [0.15, 0.2) is 59.8 Å². The summed E-state index contributed by atoms with van der Waals surface area (Å²) < 4.78 is 0. The molecule has 4 aromatic rings. The molecule has 150 valence electrons. The van der Waals surface area contributed by atoms with Crippen molar-refractivity contribution in [2.45, 2.75) is 13.0 Å². The van der Waals surface area contributed by atoms with Crippen molar-refractivity contribution in [1.82, 2.24) is 25.1 Å². The van der Waals surface area contributed by atoms with Crippen molar-refractivity contribution in [3.8, 4) is 11.1 Å². The Kier molecular flexibility index (Phi) is 4.61. The third-order valence-corrected chi connectivity index (χ3v) is 5.30. The highest BCUT2D eigenvalue weighted by Gasteiger charge is 2.17. The van der Waals surface area contributed by atoms with Crippen LogP contribution in [0.4, 0.5) is 5.69 Å². The van der Waals surface area contributed by atoms with Crippen molar-refractivity contribution in [3.63, 3.8) is 0 Å². The molecule has 0 saturated carbocycles. The highest BCUT2D eigenvalue weighted by Crippen LogP contribution is 2.26. The summed E-state index contributed by atoms with van der Waals surface area (Å²) >= 11 is 0. The number of nitrogens with one attached hydrogen (secondary N) is 3. The number of hydrogen-bond donors (Lipinski definition) is 3. The number of amides is 1. The van der Waals surface area contributed by atoms with Gasteiger partial charge in [-0.15, -0.1) is 0 Å². The highest BCUT2D eigenvalue weighted by molar-refractivity contribution is 6.11. The van der Waals surface area contributed by atoms with Gasteiger partial charge in [-0.25, -0.2) is 0 Å². The number of benzene rings is 1. The molecule has 30 heavy (non-hydrogen) atoms. The van der Waals surface area contributed by atoms with Crippen molar-refractivity contribution in [2.24, 2.45) is 0 Å². The first-order valence-corrected chi connectivity index (χ1v) is 9.80. The largest absolute Gasteiger partial charge is 0.327 e. The summed E-state index contributed by atoms with van der Waals surface area (Å²) in [6.45, 7) is 3.18. The number of carbonyl (C=O) groups is 1. The third-order valence-electron chi connectivity index (χ3n) is 5.30. The molecule has 4 heterocycles. The average Bonchev–Trinajstić information content (AvgIpc) is 3.16. The van der Waals surface area contributed by atoms with Crippen molar-refractivity contribution < 1.29 is 4.79 Å². The molecule has 0 bridgehead atoms. The first kappa shape index (κ1) is 18.3. The van der Waals surface area contributed by atoms with Gasteiger partial charge in [0.15, 0.2) is 5.69 Å². The highest BCUT2D eigenvalue weighted by atomic mass is 16.2. The number of anilines is 1. The van der Waals surface area contributed by atoms with Crippen LogP contribution in [0.1, 0.15) is 22.5 Å². The minimum Gasteiger partial charge on any atom is -0.327 e. The Morgan fingerprint density at radius 1 is 1.10 bits per heavy atom.